The summed E-state index contributed by atoms with van der Waals surface area (Å²) in [5, 5.41) is 21.5. The second kappa shape index (κ2) is 3.80. The van der Waals surface area contributed by atoms with Crippen LogP contribution < -0.4 is 0 Å². The van der Waals surface area contributed by atoms with Crippen molar-refractivity contribution < 1.29 is 5.11 Å². The Labute approximate surface area is 108 Å². The maximum atomic E-state index is 10.9. The van der Waals surface area contributed by atoms with Gasteiger partial charge in [0.25, 0.3) is 0 Å². The molecule has 0 amide bonds. The zero-order valence-electron chi connectivity index (χ0n) is 11.5. The normalized spacial score (nSPS) is 40.1. The zero-order chi connectivity index (χ0) is 13.0. The highest BCUT2D eigenvalue weighted by Gasteiger charge is 2.53. The average molecular weight is 249 g/mol. The largest absolute Gasteiger partial charge is 0.383 e. The minimum absolute atomic E-state index is 0.344. The van der Waals surface area contributed by atoms with Gasteiger partial charge in [0, 0.05) is 0 Å². The molecule has 2 bridgehead atoms. The van der Waals surface area contributed by atoms with Crippen LogP contribution in [0.4, 0.5) is 0 Å². The number of nitrogens with one attached hydrogen (secondary N) is 1. The predicted octanol–water partition coefficient (Wildman–Crippen LogP) is 2.47. The Morgan fingerprint density at radius 3 is 2.33 bits per heavy atom. The van der Waals surface area contributed by atoms with E-state index in [-0.39, 0.29) is 0 Å². The van der Waals surface area contributed by atoms with E-state index < -0.39 is 5.60 Å². The number of H-pyrrole nitrogens is 1. The maximum absolute atomic E-state index is 10.9. The van der Waals surface area contributed by atoms with E-state index in [2.05, 4.69) is 36.2 Å². The first-order valence-electron chi connectivity index (χ1n) is 6.99. The highest BCUT2D eigenvalue weighted by Crippen LogP contribution is 2.58. The van der Waals surface area contributed by atoms with Crippen LogP contribution in [0.25, 0.3) is 0 Å². The Morgan fingerprint density at radius 1 is 1.28 bits per heavy atom. The van der Waals surface area contributed by atoms with Crippen LogP contribution in [-0.4, -0.2) is 20.5 Å². The number of nitrogens with zero attached hydrogens (tertiary/aromatic N) is 2. The molecule has 0 radical (unpaired) electrons. The van der Waals surface area contributed by atoms with Gasteiger partial charge in [-0.25, -0.2) is 0 Å². The molecule has 0 aromatic carbocycles. The molecule has 0 saturated heterocycles. The molecule has 18 heavy (non-hydrogen) atoms. The van der Waals surface area contributed by atoms with E-state index in [0.29, 0.717) is 17.3 Å². The third-order valence-electron chi connectivity index (χ3n) is 5.02. The summed E-state index contributed by atoms with van der Waals surface area (Å²) < 4.78 is 0. The molecule has 2 saturated carbocycles. The number of hydrogen-bond donors (Lipinski definition) is 2. The lowest BCUT2D eigenvalue weighted by atomic mass is 9.61. The van der Waals surface area contributed by atoms with E-state index in [1.807, 2.05) is 0 Å². The number of fused-ring (bicyclic) bond motifs is 2. The Morgan fingerprint density at radius 2 is 1.89 bits per heavy atom. The van der Waals surface area contributed by atoms with Gasteiger partial charge in [-0.1, -0.05) is 20.8 Å². The van der Waals surface area contributed by atoms with Crippen molar-refractivity contribution in [2.24, 2.45) is 23.2 Å². The van der Waals surface area contributed by atoms with Gasteiger partial charge in [-0.3, -0.25) is 0 Å². The number of aromatic nitrogens is 3. The highest BCUT2D eigenvalue weighted by molar-refractivity contribution is 5.13. The molecule has 2 fully saturated rings. The van der Waals surface area contributed by atoms with Crippen molar-refractivity contribution in [2.75, 3.05) is 0 Å². The van der Waals surface area contributed by atoms with E-state index in [0.717, 1.165) is 24.5 Å². The third-order valence-corrected chi connectivity index (χ3v) is 5.02. The van der Waals surface area contributed by atoms with E-state index in [1.54, 1.807) is 6.20 Å². The van der Waals surface area contributed by atoms with Crippen LogP contribution in [0.1, 0.15) is 52.1 Å². The Bertz CT molecular complexity index is 407. The van der Waals surface area contributed by atoms with Crippen LogP contribution in [0, 0.1) is 23.2 Å². The lowest BCUT2D eigenvalue weighted by Crippen LogP contribution is -2.43. The summed E-state index contributed by atoms with van der Waals surface area (Å²) in [6, 6.07) is 0. The quantitative estimate of drug-likeness (QED) is 0.803. The lowest BCUT2D eigenvalue weighted by Gasteiger charge is -2.45. The van der Waals surface area contributed by atoms with Crippen LogP contribution in [-0.2, 0) is 5.60 Å². The molecule has 1 aromatic heterocycles. The summed E-state index contributed by atoms with van der Waals surface area (Å²) in [4.78, 5) is 0. The zero-order valence-corrected chi connectivity index (χ0v) is 11.5. The topological polar surface area (TPSA) is 61.8 Å². The van der Waals surface area contributed by atoms with Gasteiger partial charge < -0.3 is 5.11 Å². The summed E-state index contributed by atoms with van der Waals surface area (Å²) in [6.45, 7) is 7.01. The summed E-state index contributed by atoms with van der Waals surface area (Å²) in [5.74, 6) is 2.00. The second-order valence-corrected chi connectivity index (χ2v) is 7.28. The van der Waals surface area contributed by atoms with Crippen molar-refractivity contribution in [1.29, 1.82) is 0 Å². The number of hydrogen-bond acceptors (Lipinski definition) is 3. The van der Waals surface area contributed by atoms with Gasteiger partial charge in [-0.2, -0.15) is 15.4 Å². The molecule has 2 aliphatic rings. The summed E-state index contributed by atoms with van der Waals surface area (Å²) in [6.07, 6.45) is 5.88. The maximum Gasteiger partial charge on any atom is 0.114 e. The molecule has 2 N–H and O–H groups in total. The molecule has 1 aromatic rings. The summed E-state index contributed by atoms with van der Waals surface area (Å²) in [5.41, 5.74) is 0.323. The van der Waals surface area contributed by atoms with Crippen LogP contribution in [0.5, 0.6) is 0 Å². The van der Waals surface area contributed by atoms with Gasteiger partial charge >= 0.3 is 0 Å². The minimum Gasteiger partial charge on any atom is -0.383 e. The van der Waals surface area contributed by atoms with Crippen LogP contribution in [0.2, 0.25) is 0 Å². The fourth-order valence-electron chi connectivity index (χ4n) is 4.63. The van der Waals surface area contributed by atoms with E-state index in [1.165, 1.54) is 12.8 Å². The van der Waals surface area contributed by atoms with E-state index >= 15 is 0 Å². The SMILES string of the molecule is CC(C)(C)C1C2CCC1CC(O)(c1cn[nH]n1)C2. The van der Waals surface area contributed by atoms with Crippen molar-refractivity contribution in [3.8, 4) is 0 Å². The first-order valence-corrected chi connectivity index (χ1v) is 6.99. The standard InChI is InChI=1S/C14H23N3O/c1-13(2,3)12-9-4-5-10(12)7-14(18,6-9)11-8-15-17-16-11/h8-10,12,18H,4-7H2,1-3H3,(H,15,16,17). The monoisotopic (exact) mass is 249 g/mol. The van der Waals surface area contributed by atoms with Crippen molar-refractivity contribution >= 4 is 0 Å². The summed E-state index contributed by atoms with van der Waals surface area (Å²) in [7, 11) is 0. The Balaban J connectivity index is 1.88. The van der Waals surface area contributed by atoms with E-state index in [4.69, 9.17) is 0 Å². The van der Waals surface area contributed by atoms with Gasteiger partial charge in [0.2, 0.25) is 0 Å². The number of aromatic amines is 1. The van der Waals surface area contributed by atoms with Crippen LogP contribution in [0.3, 0.4) is 0 Å². The Hall–Kier alpha value is -0.900. The third kappa shape index (κ3) is 1.78. The van der Waals surface area contributed by atoms with Gasteiger partial charge in [0.1, 0.15) is 11.3 Å². The number of rotatable bonds is 1. The second-order valence-electron chi connectivity index (χ2n) is 7.28. The first-order chi connectivity index (χ1) is 8.40. The lowest BCUT2D eigenvalue weighted by molar-refractivity contribution is -0.0714. The smallest absolute Gasteiger partial charge is 0.114 e. The number of aliphatic hydroxyl groups is 1. The molecule has 0 aliphatic heterocycles. The molecule has 3 rings (SSSR count). The van der Waals surface area contributed by atoms with Crippen LogP contribution in [0.15, 0.2) is 6.20 Å². The van der Waals surface area contributed by atoms with Gasteiger partial charge in [-0.15, -0.1) is 0 Å². The summed E-state index contributed by atoms with van der Waals surface area (Å²) >= 11 is 0. The molecular formula is C14H23N3O. The van der Waals surface area contributed by atoms with Crippen molar-refractivity contribution in [1.82, 2.24) is 15.4 Å². The van der Waals surface area contributed by atoms with E-state index in [9.17, 15) is 5.11 Å². The predicted molar refractivity (Wildman–Crippen MR) is 68.7 cm³/mol. The molecule has 2 unspecified atom stereocenters. The fraction of sp³-hybridized carbons (Fsp3) is 0.857. The molecular weight excluding hydrogens is 226 g/mol. The molecule has 100 valence electrons. The van der Waals surface area contributed by atoms with Gasteiger partial charge in [-0.05, 0) is 48.9 Å². The highest BCUT2D eigenvalue weighted by atomic mass is 16.3. The van der Waals surface area contributed by atoms with Crippen LogP contribution >= 0.6 is 0 Å². The van der Waals surface area contributed by atoms with Crippen molar-refractivity contribution in [2.45, 2.75) is 52.1 Å². The molecule has 4 nitrogen and oxygen atoms in total. The van der Waals surface area contributed by atoms with Gasteiger partial charge in [0.05, 0.1) is 6.20 Å². The molecule has 2 aliphatic carbocycles. The molecule has 0 spiro atoms. The van der Waals surface area contributed by atoms with Crippen molar-refractivity contribution in [3.05, 3.63) is 11.9 Å². The average Bonchev–Trinajstić information content (AvgIpc) is 2.85. The van der Waals surface area contributed by atoms with Gasteiger partial charge in [0.15, 0.2) is 0 Å². The Kier molecular flexibility index (Phi) is 2.56. The van der Waals surface area contributed by atoms with Crippen molar-refractivity contribution in [3.63, 3.8) is 0 Å². The first kappa shape index (κ1) is 12.2. The fourth-order valence-corrected chi connectivity index (χ4v) is 4.63. The molecule has 1 heterocycles. The molecule has 2 atom stereocenters. The minimum atomic E-state index is -0.749. The molecule has 4 heteroatoms.